The molecule has 0 heterocycles. The Balaban J connectivity index is 1.41. The van der Waals surface area contributed by atoms with Gasteiger partial charge in [0, 0.05) is 6.54 Å². The van der Waals surface area contributed by atoms with Gasteiger partial charge in [0.1, 0.15) is 11.5 Å². The fourth-order valence-corrected chi connectivity index (χ4v) is 5.33. The van der Waals surface area contributed by atoms with Gasteiger partial charge in [-0.25, -0.2) is 0 Å². The third-order valence-corrected chi connectivity index (χ3v) is 7.50. The van der Waals surface area contributed by atoms with Crippen molar-refractivity contribution in [1.82, 2.24) is 0 Å². The minimum Gasteiger partial charge on any atom is -0.488 e. The molecule has 1 aliphatic carbocycles. The maximum absolute atomic E-state index is 12.6. The van der Waals surface area contributed by atoms with E-state index in [0.717, 1.165) is 67.1 Å². The second-order valence-electron chi connectivity index (χ2n) is 10.6. The standard InChI is InChI=1S/C33H40F3NO2/c1-2-3-9-26-13-18-29(19-14-26)38-32-22-17-28(27-15-20-30(21-16-27)39-33(34,35)36)24-31(32)37-23-8-7-12-25-10-5-4-6-11-25/h4-6,10-11,15-17,20-22,24,26,29,37H,2-3,7-9,12-14,18-19,23H2,1H3. The number of halogens is 3. The molecular weight excluding hydrogens is 499 g/mol. The lowest BCUT2D eigenvalue weighted by atomic mass is 9.84. The summed E-state index contributed by atoms with van der Waals surface area (Å²) in [4.78, 5) is 0. The minimum absolute atomic E-state index is 0.214. The Labute approximate surface area is 230 Å². The van der Waals surface area contributed by atoms with E-state index in [2.05, 4.69) is 41.2 Å². The maximum Gasteiger partial charge on any atom is 0.573 e. The molecule has 6 heteroatoms. The summed E-state index contributed by atoms with van der Waals surface area (Å²) in [5.74, 6) is 1.44. The third kappa shape index (κ3) is 9.52. The highest BCUT2D eigenvalue weighted by Gasteiger charge is 2.31. The van der Waals surface area contributed by atoms with Crippen LogP contribution in [0.1, 0.15) is 70.3 Å². The lowest BCUT2D eigenvalue weighted by Gasteiger charge is -2.30. The molecule has 1 aliphatic rings. The van der Waals surface area contributed by atoms with E-state index in [0.29, 0.717) is 0 Å². The van der Waals surface area contributed by atoms with Gasteiger partial charge in [0.05, 0.1) is 11.8 Å². The summed E-state index contributed by atoms with van der Waals surface area (Å²) in [6, 6.07) is 22.5. The smallest absolute Gasteiger partial charge is 0.488 e. The van der Waals surface area contributed by atoms with Crippen LogP contribution < -0.4 is 14.8 Å². The van der Waals surface area contributed by atoms with Crippen molar-refractivity contribution < 1.29 is 22.6 Å². The summed E-state index contributed by atoms with van der Waals surface area (Å²) < 4.78 is 48.2. The molecule has 3 nitrogen and oxygen atoms in total. The average Bonchev–Trinajstić information content (AvgIpc) is 2.93. The van der Waals surface area contributed by atoms with Crippen molar-refractivity contribution in [2.45, 2.75) is 83.6 Å². The van der Waals surface area contributed by atoms with Crippen molar-refractivity contribution in [2.75, 3.05) is 11.9 Å². The number of alkyl halides is 3. The number of unbranched alkanes of at least 4 members (excludes halogenated alkanes) is 2. The number of hydrogen-bond donors (Lipinski definition) is 1. The van der Waals surface area contributed by atoms with Crippen LogP contribution in [-0.4, -0.2) is 19.0 Å². The first-order valence-corrected chi connectivity index (χ1v) is 14.3. The molecule has 0 unspecified atom stereocenters. The van der Waals surface area contributed by atoms with E-state index in [9.17, 15) is 13.2 Å². The Morgan fingerprint density at radius 2 is 1.54 bits per heavy atom. The van der Waals surface area contributed by atoms with E-state index >= 15 is 0 Å². The Morgan fingerprint density at radius 1 is 0.821 bits per heavy atom. The zero-order chi connectivity index (χ0) is 27.5. The molecule has 3 aromatic carbocycles. The first kappa shape index (κ1) is 28.8. The van der Waals surface area contributed by atoms with Gasteiger partial charge in [0.25, 0.3) is 0 Å². The Bertz CT molecular complexity index is 1120. The van der Waals surface area contributed by atoms with Crippen molar-refractivity contribution >= 4 is 5.69 Å². The second-order valence-corrected chi connectivity index (χ2v) is 10.6. The van der Waals surface area contributed by atoms with Crippen LogP contribution in [-0.2, 0) is 6.42 Å². The van der Waals surface area contributed by atoms with Crippen LogP contribution in [0.15, 0.2) is 72.8 Å². The summed E-state index contributed by atoms with van der Waals surface area (Å²) in [6.07, 6.45) is 7.12. The molecule has 1 fully saturated rings. The molecule has 210 valence electrons. The van der Waals surface area contributed by atoms with Crippen LogP contribution in [0, 0.1) is 5.92 Å². The Hall–Kier alpha value is -3.15. The first-order valence-electron chi connectivity index (χ1n) is 14.3. The molecule has 1 N–H and O–H groups in total. The molecule has 0 radical (unpaired) electrons. The maximum atomic E-state index is 12.6. The molecule has 0 spiro atoms. The Morgan fingerprint density at radius 3 is 2.23 bits per heavy atom. The number of hydrogen-bond acceptors (Lipinski definition) is 3. The Kier molecular flexibility index (Phi) is 10.6. The monoisotopic (exact) mass is 539 g/mol. The predicted molar refractivity (Wildman–Crippen MR) is 152 cm³/mol. The normalized spacial score (nSPS) is 17.5. The number of rotatable bonds is 13. The van der Waals surface area contributed by atoms with Gasteiger partial charge >= 0.3 is 6.36 Å². The van der Waals surface area contributed by atoms with Gasteiger partial charge in [0.15, 0.2) is 0 Å². The lowest BCUT2D eigenvalue weighted by molar-refractivity contribution is -0.274. The van der Waals surface area contributed by atoms with Crippen LogP contribution in [0.2, 0.25) is 0 Å². The van der Waals surface area contributed by atoms with Gasteiger partial charge in [-0.15, -0.1) is 13.2 Å². The molecule has 0 aromatic heterocycles. The average molecular weight is 540 g/mol. The first-order chi connectivity index (χ1) is 18.9. The van der Waals surface area contributed by atoms with Gasteiger partial charge in [-0.3, -0.25) is 0 Å². The molecule has 0 bridgehead atoms. The highest BCUT2D eigenvalue weighted by Crippen LogP contribution is 2.36. The summed E-state index contributed by atoms with van der Waals surface area (Å²) in [6.45, 7) is 3.06. The zero-order valence-electron chi connectivity index (χ0n) is 22.8. The predicted octanol–water partition coefficient (Wildman–Crippen LogP) is 9.81. The van der Waals surface area contributed by atoms with Gasteiger partial charge in [-0.2, -0.15) is 0 Å². The molecule has 0 aliphatic heterocycles. The van der Waals surface area contributed by atoms with Crippen molar-refractivity contribution in [3.63, 3.8) is 0 Å². The summed E-state index contributed by atoms with van der Waals surface area (Å²) in [5.41, 5.74) is 4.00. The van der Waals surface area contributed by atoms with Crippen LogP contribution in [0.25, 0.3) is 11.1 Å². The van der Waals surface area contributed by atoms with Crippen LogP contribution in [0.4, 0.5) is 18.9 Å². The van der Waals surface area contributed by atoms with E-state index < -0.39 is 6.36 Å². The molecule has 3 aromatic rings. The van der Waals surface area contributed by atoms with E-state index in [4.69, 9.17) is 4.74 Å². The number of nitrogens with one attached hydrogen (secondary N) is 1. The fraction of sp³-hybridized carbons (Fsp3) is 0.455. The van der Waals surface area contributed by atoms with Crippen molar-refractivity contribution in [1.29, 1.82) is 0 Å². The van der Waals surface area contributed by atoms with E-state index in [1.54, 1.807) is 12.1 Å². The van der Waals surface area contributed by atoms with E-state index in [-0.39, 0.29) is 11.9 Å². The highest BCUT2D eigenvalue weighted by atomic mass is 19.4. The molecule has 0 saturated heterocycles. The van der Waals surface area contributed by atoms with Crippen molar-refractivity contribution in [3.05, 3.63) is 78.4 Å². The molecule has 1 saturated carbocycles. The number of benzene rings is 3. The van der Waals surface area contributed by atoms with Crippen molar-refractivity contribution in [3.8, 4) is 22.6 Å². The van der Waals surface area contributed by atoms with E-state index in [1.165, 1.54) is 49.8 Å². The van der Waals surface area contributed by atoms with Crippen LogP contribution in [0.5, 0.6) is 11.5 Å². The fourth-order valence-electron chi connectivity index (χ4n) is 5.33. The van der Waals surface area contributed by atoms with Crippen LogP contribution in [0.3, 0.4) is 0 Å². The lowest BCUT2D eigenvalue weighted by Crippen LogP contribution is -2.24. The topological polar surface area (TPSA) is 30.5 Å². The minimum atomic E-state index is -4.70. The second kappa shape index (κ2) is 14.3. The largest absolute Gasteiger partial charge is 0.573 e. The zero-order valence-corrected chi connectivity index (χ0v) is 22.8. The van der Waals surface area contributed by atoms with Gasteiger partial charge in [-0.1, -0.05) is 74.7 Å². The highest BCUT2D eigenvalue weighted by molar-refractivity contribution is 5.72. The summed E-state index contributed by atoms with van der Waals surface area (Å²) in [7, 11) is 0. The molecule has 39 heavy (non-hydrogen) atoms. The summed E-state index contributed by atoms with van der Waals surface area (Å²) >= 11 is 0. The molecule has 4 rings (SSSR count). The number of anilines is 1. The number of ether oxygens (including phenoxy) is 2. The number of aryl methyl sites for hydroxylation is 1. The van der Waals surface area contributed by atoms with Gasteiger partial charge < -0.3 is 14.8 Å². The van der Waals surface area contributed by atoms with Crippen molar-refractivity contribution in [2.24, 2.45) is 5.92 Å². The molecule has 0 atom stereocenters. The molecule has 0 amide bonds. The van der Waals surface area contributed by atoms with Gasteiger partial charge in [-0.05, 0) is 91.8 Å². The third-order valence-electron chi connectivity index (χ3n) is 7.50. The molecular formula is C33H40F3NO2. The quantitative estimate of drug-likeness (QED) is 0.219. The van der Waals surface area contributed by atoms with Gasteiger partial charge in [0.2, 0.25) is 0 Å². The van der Waals surface area contributed by atoms with E-state index in [1.807, 2.05) is 24.3 Å². The SMILES string of the molecule is CCCCC1CCC(Oc2ccc(-c3ccc(OC(F)(F)F)cc3)cc2NCCCCc2ccccc2)CC1. The van der Waals surface area contributed by atoms with Crippen LogP contribution >= 0.6 is 0 Å². The summed E-state index contributed by atoms with van der Waals surface area (Å²) in [5, 5.41) is 3.58.